The Hall–Kier alpha value is -1.35. The van der Waals surface area contributed by atoms with Crippen molar-refractivity contribution in [3.8, 4) is 18.1 Å². The molecule has 1 saturated carbocycles. The molecule has 1 N–H and O–H groups in total. The van der Waals surface area contributed by atoms with Crippen molar-refractivity contribution in [2.24, 2.45) is 0 Å². The van der Waals surface area contributed by atoms with Gasteiger partial charge in [-0.15, -0.1) is 6.42 Å². The molecule has 2 unspecified atom stereocenters. The Balaban J connectivity index is 2.06. The van der Waals surface area contributed by atoms with E-state index in [-0.39, 0.29) is 17.3 Å². The van der Waals surface area contributed by atoms with Gasteiger partial charge >= 0.3 is 0 Å². The maximum Gasteiger partial charge on any atom is 0.126 e. The van der Waals surface area contributed by atoms with Crippen molar-refractivity contribution >= 4 is 10.5 Å². The van der Waals surface area contributed by atoms with E-state index in [9.17, 15) is 8.76 Å². The van der Waals surface area contributed by atoms with Crippen molar-refractivity contribution in [2.75, 3.05) is 5.75 Å². The molecule has 5 heteroatoms. The topological polar surface area (TPSA) is 55.8 Å². The van der Waals surface area contributed by atoms with Crippen molar-refractivity contribution in [1.29, 1.82) is 0 Å². The van der Waals surface area contributed by atoms with Crippen LogP contribution in [0.5, 0.6) is 5.75 Å². The molecule has 0 amide bonds. The Bertz CT molecular complexity index is 624. The third-order valence-electron chi connectivity index (χ3n) is 4.24. The zero-order valence-electron chi connectivity index (χ0n) is 14.7. The maximum atomic E-state index is 12.0. The number of rotatable bonds is 5. The molecule has 0 aliphatic heterocycles. The first kappa shape index (κ1) is 19.0. The van der Waals surface area contributed by atoms with Gasteiger partial charge in [-0.05, 0) is 42.4 Å². The summed E-state index contributed by atoms with van der Waals surface area (Å²) in [5.41, 5.74) is 1.33. The van der Waals surface area contributed by atoms with E-state index in [0.717, 1.165) is 25.0 Å². The van der Waals surface area contributed by atoms with E-state index in [1.54, 1.807) is 0 Å². The molecule has 0 bridgehead atoms. The summed E-state index contributed by atoms with van der Waals surface area (Å²) in [6.07, 6.45) is 8.01. The monoisotopic (exact) mass is 352 g/mol. The van der Waals surface area contributed by atoms with E-state index in [2.05, 4.69) is 38.8 Å². The average Bonchev–Trinajstić information content (AvgIpc) is 2.48. The predicted octanol–water partition coefficient (Wildman–Crippen LogP) is 3.73. The van der Waals surface area contributed by atoms with E-state index < -0.39 is 16.6 Å². The fourth-order valence-electron chi connectivity index (χ4n) is 2.89. The lowest BCUT2D eigenvalue weighted by atomic mass is 9.87. The van der Waals surface area contributed by atoms with Gasteiger partial charge in [0.1, 0.15) is 23.7 Å². The van der Waals surface area contributed by atoms with Crippen LogP contribution in [0.1, 0.15) is 52.0 Å². The van der Waals surface area contributed by atoms with E-state index in [1.165, 1.54) is 5.56 Å². The SMILES string of the molecule is C#CC[SH](=O)(O)OC1CCCCC1Oc1ccc(C(C)(C)C)cc1. The standard InChI is InChI=1S/C19H28O4S/c1-5-14-24(20,21)23-18-9-7-6-8-17(18)22-16-12-10-15(11-13-16)19(2,3)4/h1,10-13,17-18,24H,6-9,14H2,2-4H3,(H,20,21). The maximum absolute atomic E-state index is 12.0. The largest absolute Gasteiger partial charge is 0.488 e. The van der Waals surface area contributed by atoms with Crippen LogP contribution in [0.15, 0.2) is 24.3 Å². The summed E-state index contributed by atoms with van der Waals surface area (Å²) in [6.45, 7) is 6.49. The van der Waals surface area contributed by atoms with Crippen LogP contribution < -0.4 is 4.74 Å². The van der Waals surface area contributed by atoms with Crippen LogP contribution in [0.25, 0.3) is 0 Å². The van der Waals surface area contributed by atoms with Gasteiger partial charge in [-0.2, -0.15) is 0 Å². The van der Waals surface area contributed by atoms with Crippen LogP contribution in [0.3, 0.4) is 0 Å². The quantitative estimate of drug-likeness (QED) is 0.626. The Morgan fingerprint density at radius 3 is 2.33 bits per heavy atom. The van der Waals surface area contributed by atoms with Crippen LogP contribution in [0, 0.1) is 12.3 Å². The molecule has 24 heavy (non-hydrogen) atoms. The third kappa shape index (κ3) is 5.34. The zero-order chi connectivity index (χ0) is 17.8. The van der Waals surface area contributed by atoms with Crippen LogP contribution in [0.2, 0.25) is 0 Å². The van der Waals surface area contributed by atoms with Crippen molar-refractivity contribution in [1.82, 2.24) is 0 Å². The molecule has 1 aromatic carbocycles. The second-order valence-corrected chi connectivity index (χ2v) is 9.16. The lowest BCUT2D eigenvalue weighted by molar-refractivity contribution is 0.0227. The van der Waals surface area contributed by atoms with E-state index in [4.69, 9.17) is 15.3 Å². The van der Waals surface area contributed by atoms with Crippen molar-refractivity contribution in [2.45, 2.75) is 64.1 Å². The highest BCUT2D eigenvalue weighted by atomic mass is 32.3. The number of hydrogen-bond acceptors (Lipinski definition) is 3. The fourth-order valence-corrected chi connectivity index (χ4v) is 3.86. The fraction of sp³-hybridized carbons (Fsp3) is 0.579. The molecule has 2 rings (SSSR count). The Labute approximate surface area is 146 Å². The van der Waals surface area contributed by atoms with Crippen LogP contribution >= 0.6 is 0 Å². The molecule has 1 fully saturated rings. The molecule has 0 aromatic heterocycles. The minimum absolute atomic E-state index is 0.0910. The van der Waals surface area contributed by atoms with Gasteiger partial charge in [0.15, 0.2) is 0 Å². The van der Waals surface area contributed by atoms with Gasteiger partial charge in [0.2, 0.25) is 0 Å². The summed E-state index contributed by atoms with van der Waals surface area (Å²) >= 11 is 0. The van der Waals surface area contributed by atoms with Crippen LogP contribution in [-0.2, 0) is 20.1 Å². The molecule has 0 heterocycles. The number of thiol groups is 1. The smallest absolute Gasteiger partial charge is 0.126 e. The average molecular weight is 352 g/mol. The Kier molecular flexibility index (Phi) is 6.08. The molecule has 0 radical (unpaired) electrons. The molecule has 2 atom stereocenters. The van der Waals surface area contributed by atoms with Gasteiger partial charge in [-0.3, -0.25) is 4.18 Å². The summed E-state index contributed by atoms with van der Waals surface area (Å²) in [4.78, 5) is 0. The van der Waals surface area contributed by atoms with Gasteiger partial charge < -0.3 is 9.29 Å². The lowest BCUT2D eigenvalue weighted by Crippen LogP contribution is -2.40. The van der Waals surface area contributed by atoms with Crippen molar-refractivity contribution < 1.29 is 17.7 Å². The summed E-state index contributed by atoms with van der Waals surface area (Å²) in [7, 11) is -3.75. The highest BCUT2D eigenvalue weighted by molar-refractivity contribution is 7.93. The van der Waals surface area contributed by atoms with E-state index in [1.807, 2.05) is 12.1 Å². The summed E-state index contributed by atoms with van der Waals surface area (Å²) in [6, 6.07) is 8.02. The molecular weight excluding hydrogens is 324 g/mol. The van der Waals surface area contributed by atoms with Gasteiger partial charge in [-0.1, -0.05) is 45.2 Å². The highest BCUT2D eigenvalue weighted by Gasteiger charge is 2.31. The molecule has 0 spiro atoms. The highest BCUT2D eigenvalue weighted by Crippen LogP contribution is 2.29. The lowest BCUT2D eigenvalue weighted by Gasteiger charge is -2.34. The van der Waals surface area contributed by atoms with E-state index in [0.29, 0.717) is 6.42 Å². The van der Waals surface area contributed by atoms with Crippen molar-refractivity contribution in [3.63, 3.8) is 0 Å². The number of terminal acetylenes is 1. The van der Waals surface area contributed by atoms with Crippen LogP contribution in [0.4, 0.5) is 0 Å². The minimum atomic E-state index is -3.75. The first-order valence-corrected chi connectivity index (χ1v) is 10.2. The summed E-state index contributed by atoms with van der Waals surface area (Å²) in [5, 5.41) is 0. The second-order valence-electron chi connectivity index (χ2n) is 7.36. The van der Waals surface area contributed by atoms with Gasteiger partial charge in [0, 0.05) is 0 Å². The minimum Gasteiger partial charge on any atom is -0.488 e. The summed E-state index contributed by atoms with van der Waals surface area (Å²) < 4.78 is 33.3. The predicted molar refractivity (Wildman–Crippen MR) is 98.8 cm³/mol. The number of benzene rings is 1. The molecule has 134 valence electrons. The van der Waals surface area contributed by atoms with Gasteiger partial charge in [0.25, 0.3) is 0 Å². The number of ether oxygens (including phenoxy) is 1. The van der Waals surface area contributed by atoms with Gasteiger partial charge in [-0.25, -0.2) is 4.21 Å². The molecule has 1 aromatic rings. The molecule has 1 aliphatic rings. The number of hydrogen-bond donors (Lipinski definition) is 2. The Morgan fingerprint density at radius 1 is 1.21 bits per heavy atom. The zero-order valence-corrected chi connectivity index (χ0v) is 15.6. The van der Waals surface area contributed by atoms with E-state index >= 15 is 0 Å². The normalized spacial score (nSPS) is 22.6. The van der Waals surface area contributed by atoms with Gasteiger partial charge in [0.05, 0.1) is 10.5 Å². The molecule has 1 aliphatic carbocycles. The second kappa shape index (κ2) is 7.69. The van der Waals surface area contributed by atoms with Crippen LogP contribution in [-0.4, -0.2) is 26.7 Å². The first-order chi connectivity index (χ1) is 11.2. The third-order valence-corrected chi connectivity index (χ3v) is 5.42. The molecule has 4 nitrogen and oxygen atoms in total. The first-order valence-electron chi connectivity index (χ1n) is 8.42. The Morgan fingerprint density at radius 2 is 1.79 bits per heavy atom. The molecule has 0 saturated heterocycles. The summed E-state index contributed by atoms with van der Waals surface area (Å²) in [5.74, 6) is 2.69. The van der Waals surface area contributed by atoms with Crippen molar-refractivity contribution in [3.05, 3.63) is 29.8 Å². The molecular formula is C19H28O4S.